The van der Waals surface area contributed by atoms with Crippen LogP contribution in [-0.2, 0) is 4.79 Å². The van der Waals surface area contributed by atoms with Gasteiger partial charge in [0, 0.05) is 6.54 Å². The largest absolute Gasteiger partial charge is 0.480 e. The van der Waals surface area contributed by atoms with E-state index < -0.39 is 11.5 Å². The fourth-order valence-electron chi connectivity index (χ4n) is 2.46. The Morgan fingerprint density at radius 3 is 2.24 bits per heavy atom. The van der Waals surface area contributed by atoms with Crippen LogP contribution in [0.4, 0.5) is 4.79 Å². The lowest BCUT2D eigenvalue weighted by molar-refractivity contribution is -0.146. The lowest BCUT2D eigenvalue weighted by Crippen LogP contribution is -2.59. The van der Waals surface area contributed by atoms with Crippen LogP contribution < -0.4 is 10.6 Å². The molecule has 21 heavy (non-hydrogen) atoms. The van der Waals surface area contributed by atoms with Crippen molar-refractivity contribution in [3.05, 3.63) is 0 Å². The molecule has 5 heteroatoms. The smallest absolute Gasteiger partial charge is 0.329 e. The topological polar surface area (TPSA) is 78.4 Å². The highest BCUT2D eigenvalue weighted by Gasteiger charge is 2.42. The summed E-state index contributed by atoms with van der Waals surface area (Å²) >= 11 is 0. The van der Waals surface area contributed by atoms with Gasteiger partial charge in [-0.2, -0.15) is 0 Å². The van der Waals surface area contributed by atoms with Crippen LogP contribution in [0.5, 0.6) is 0 Å². The molecule has 1 saturated carbocycles. The predicted octanol–water partition coefficient (Wildman–Crippen LogP) is 3.00. The molecule has 1 aliphatic carbocycles. The van der Waals surface area contributed by atoms with E-state index in [0.29, 0.717) is 31.2 Å². The van der Waals surface area contributed by atoms with Gasteiger partial charge in [-0.3, -0.25) is 0 Å². The number of carbonyl (C=O) groups is 2. The highest BCUT2D eigenvalue weighted by Crippen LogP contribution is 2.32. The lowest BCUT2D eigenvalue weighted by atomic mass is 9.77. The number of hydrogen-bond acceptors (Lipinski definition) is 2. The minimum absolute atomic E-state index is 0.109. The zero-order valence-electron chi connectivity index (χ0n) is 14.0. The number of carboxylic acids is 1. The summed E-state index contributed by atoms with van der Waals surface area (Å²) in [6.45, 7) is 11.1. The Morgan fingerprint density at radius 2 is 1.81 bits per heavy atom. The molecule has 0 bridgehead atoms. The summed E-state index contributed by atoms with van der Waals surface area (Å²) in [5.41, 5.74) is -0.987. The second kappa shape index (κ2) is 6.67. The van der Waals surface area contributed by atoms with Crippen molar-refractivity contribution in [2.24, 2.45) is 17.3 Å². The second-order valence-electron chi connectivity index (χ2n) is 7.67. The molecule has 0 aromatic rings. The maximum Gasteiger partial charge on any atom is 0.329 e. The van der Waals surface area contributed by atoms with Gasteiger partial charge < -0.3 is 15.7 Å². The Bertz CT molecular complexity index is 379. The third-order valence-electron chi connectivity index (χ3n) is 4.94. The van der Waals surface area contributed by atoms with E-state index in [2.05, 4.69) is 45.3 Å². The standard InChI is InChI=1S/C16H30N2O3/c1-11-6-8-16(9-7-11,13(19)20)18-14(21)17-10-12(2)15(3,4)5/h11-12H,6-10H2,1-5H3,(H,19,20)(H2,17,18,21). The lowest BCUT2D eigenvalue weighted by Gasteiger charge is -2.36. The van der Waals surface area contributed by atoms with Crippen LogP contribution in [0.1, 0.15) is 60.3 Å². The molecule has 1 unspecified atom stereocenters. The Hall–Kier alpha value is -1.26. The molecular formula is C16H30N2O3. The molecule has 0 aliphatic heterocycles. The maximum absolute atomic E-state index is 12.0. The van der Waals surface area contributed by atoms with Gasteiger partial charge in [-0.1, -0.05) is 34.6 Å². The van der Waals surface area contributed by atoms with Gasteiger partial charge in [0.05, 0.1) is 0 Å². The van der Waals surface area contributed by atoms with E-state index in [0.717, 1.165) is 12.8 Å². The van der Waals surface area contributed by atoms with Crippen LogP contribution in [0, 0.1) is 17.3 Å². The van der Waals surface area contributed by atoms with Crippen molar-refractivity contribution < 1.29 is 14.7 Å². The summed E-state index contributed by atoms with van der Waals surface area (Å²) in [6.07, 6.45) is 2.69. The van der Waals surface area contributed by atoms with Crippen molar-refractivity contribution in [2.45, 2.75) is 65.8 Å². The van der Waals surface area contributed by atoms with E-state index in [1.165, 1.54) is 0 Å². The molecular weight excluding hydrogens is 268 g/mol. The zero-order chi connectivity index (χ0) is 16.3. The zero-order valence-corrected chi connectivity index (χ0v) is 14.0. The quantitative estimate of drug-likeness (QED) is 0.746. The Morgan fingerprint density at radius 1 is 1.29 bits per heavy atom. The van der Waals surface area contributed by atoms with Crippen LogP contribution in [0.2, 0.25) is 0 Å². The van der Waals surface area contributed by atoms with E-state index >= 15 is 0 Å². The number of rotatable bonds is 4. The van der Waals surface area contributed by atoms with E-state index in [1.807, 2.05) is 0 Å². The number of carboxylic acid groups (broad SMARTS) is 1. The molecule has 0 saturated heterocycles. The van der Waals surface area contributed by atoms with E-state index in [9.17, 15) is 14.7 Å². The van der Waals surface area contributed by atoms with Crippen molar-refractivity contribution >= 4 is 12.0 Å². The van der Waals surface area contributed by atoms with Gasteiger partial charge in [-0.15, -0.1) is 0 Å². The fourth-order valence-corrected chi connectivity index (χ4v) is 2.46. The molecule has 3 N–H and O–H groups in total. The summed E-state index contributed by atoms with van der Waals surface area (Å²) in [5.74, 6) is -0.0768. The molecule has 1 atom stereocenters. The minimum Gasteiger partial charge on any atom is -0.480 e. The third-order valence-corrected chi connectivity index (χ3v) is 4.94. The van der Waals surface area contributed by atoms with Crippen LogP contribution in [0.3, 0.4) is 0 Å². The highest BCUT2D eigenvalue weighted by atomic mass is 16.4. The molecule has 0 spiro atoms. The van der Waals surface area contributed by atoms with Gasteiger partial charge in [0.25, 0.3) is 0 Å². The van der Waals surface area contributed by atoms with Crippen LogP contribution in [0.15, 0.2) is 0 Å². The molecule has 0 aromatic carbocycles. The molecule has 122 valence electrons. The Labute approximate surface area is 127 Å². The maximum atomic E-state index is 12.0. The summed E-state index contributed by atoms with van der Waals surface area (Å²) in [5, 5.41) is 15.0. The number of carbonyl (C=O) groups excluding carboxylic acids is 1. The summed E-state index contributed by atoms with van der Waals surface area (Å²) < 4.78 is 0. The fraction of sp³-hybridized carbons (Fsp3) is 0.875. The molecule has 0 aromatic heterocycles. The molecule has 1 rings (SSSR count). The van der Waals surface area contributed by atoms with Gasteiger partial charge in [0.2, 0.25) is 0 Å². The average Bonchev–Trinajstić information content (AvgIpc) is 2.37. The normalized spacial score (nSPS) is 27.8. The second-order valence-corrected chi connectivity index (χ2v) is 7.67. The van der Waals surface area contributed by atoms with Crippen LogP contribution in [-0.4, -0.2) is 29.2 Å². The van der Waals surface area contributed by atoms with Crippen LogP contribution >= 0.6 is 0 Å². The van der Waals surface area contributed by atoms with Crippen molar-refractivity contribution in [3.8, 4) is 0 Å². The first-order valence-electron chi connectivity index (χ1n) is 7.86. The summed E-state index contributed by atoms with van der Waals surface area (Å²) in [6, 6.07) is -0.372. The Balaban J connectivity index is 2.56. The van der Waals surface area contributed by atoms with Gasteiger partial charge in [-0.05, 0) is 42.9 Å². The number of amides is 2. The first-order chi connectivity index (χ1) is 9.57. The number of nitrogens with one attached hydrogen (secondary N) is 2. The van der Waals surface area contributed by atoms with Gasteiger partial charge in [0.15, 0.2) is 0 Å². The van der Waals surface area contributed by atoms with Crippen molar-refractivity contribution in [1.82, 2.24) is 10.6 Å². The van der Waals surface area contributed by atoms with Crippen molar-refractivity contribution in [1.29, 1.82) is 0 Å². The van der Waals surface area contributed by atoms with Gasteiger partial charge >= 0.3 is 12.0 Å². The molecule has 1 aliphatic rings. The number of aliphatic carboxylic acids is 1. The first-order valence-corrected chi connectivity index (χ1v) is 7.86. The minimum atomic E-state index is -1.10. The first kappa shape index (κ1) is 17.8. The summed E-state index contributed by atoms with van der Waals surface area (Å²) in [7, 11) is 0. The molecule has 5 nitrogen and oxygen atoms in total. The molecule has 1 fully saturated rings. The van der Waals surface area contributed by atoms with E-state index in [4.69, 9.17) is 0 Å². The average molecular weight is 298 g/mol. The molecule has 2 amide bonds. The van der Waals surface area contributed by atoms with Gasteiger partial charge in [0.1, 0.15) is 5.54 Å². The summed E-state index contributed by atoms with van der Waals surface area (Å²) in [4.78, 5) is 23.6. The van der Waals surface area contributed by atoms with E-state index in [1.54, 1.807) is 0 Å². The van der Waals surface area contributed by atoms with Crippen LogP contribution in [0.25, 0.3) is 0 Å². The monoisotopic (exact) mass is 298 g/mol. The SMILES string of the molecule is CC1CCC(NC(=O)NCC(C)C(C)(C)C)(C(=O)O)CC1. The number of hydrogen-bond donors (Lipinski definition) is 3. The van der Waals surface area contributed by atoms with Crippen molar-refractivity contribution in [3.63, 3.8) is 0 Å². The van der Waals surface area contributed by atoms with E-state index in [-0.39, 0.29) is 11.4 Å². The van der Waals surface area contributed by atoms with Crippen molar-refractivity contribution in [2.75, 3.05) is 6.54 Å². The predicted molar refractivity (Wildman–Crippen MR) is 83.2 cm³/mol. The van der Waals surface area contributed by atoms with Gasteiger partial charge in [-0.25, -0.2) is 9.59 Å². The highest BCUT2D eigenvalue weighted by molar-refractivity contribution is 5.86. The third kappa shape index (κ3) is 4.90. The Kier molecular flexibility index (Phi) is 5.65. The number of urea groups is 1. The molecule has 0 radical (unpaired) electrons. The molecule has 0 heterocycles.